The smallest absolute Gasteiger partial charge is 0.00964 e. The third-order valence-corrected chi connectivity index (χ3v) is 3.98. The van der Waals surface area contributed by atoms with E-state index in [1.807, 2.05) is 0 Å². The second kappa shape index (κ2) is 4.63. The SMILES string of the molecule is CC1CC(NC(C)C2CCC2)CCN1. The van der Waals surface area contributed by atoms with Crippen molar-refractivity contribution in [1.29, 1.82) is 0 Å². The highest BCUT2D eigenvalue weighted by Crippen LogP contribution is 2.29. The minimum atomic E-state index is 0.704. The van der Waals surface area contributed by atoms with Crippen LogP contribution >= 0.6 is 0 Å². The van der Waals surface area contributed by atoms with Gasteiger partial charge in [-0.05, 0) is 52.0 Å². The lowest BCUT2D eigenvalue weighted by Gasteiger charge is -2.37. The first-order valence-corrected chi connectivity index (χ1v) is 6.25. The Labute approximate surface area is 87.8 Å². The van der Waals surface area contributed by atoms with Gasteiger partial charge in [0.25, 0.3) is 0 Å². The number of rotatable bonds is 3. The molecule has 82 valence electrons. The molecule has 0 radical (unpaired) electrons. The molecule has 0 aromatic heterocycles. The van der Waals surface area contributed by atoms with E-state index in [0.29, 0.717) is 6.04 Å². The van der Waals surface area contributed by atoms with Crippen LogP contribution in [-0.2, 0) is 0 Å². The quantitative estimate of drug-likeness (QED) is 0.720. The van der Waals surface area contributed by atoms with E-state index in [2.05, 4.69) is 24.5 Å². The van der Waals surface area contributed by atoms with Gasteiger partial charge in [0, 0.05) is 18.1 Å². The predicted octanol–water partition coefficient (Wildman–Crippen LogP) is 1.91. The molecular formula is C12H24N2. The predicted molar refractivity (Wildman–Crippen MR) is 60.4 cm³/mol. The molecule has 2 heteroatoms. The van der Waals surface area contributed by atoms with Crippen molar-refractivity contribution < 1.29 is 0 Å². The normalized spacial score (nSPS) is 36.4. The highest BCUT2D eigenvalue weighted by molar-refractivity contribution is 4.86. The van der Waals surface area contributed by atoms with E-state index in [9.17, 15) is 0 Å². The van der Waals surface area contributed by atoms with Crippen LogP contribution in [0.2, 0.25) is 0 Å². The fraction of sp³-hybridized carbons (Fsp3) is 1.00. The molecule has 2 fully saturated rings. The Morgan fingerprint density at radius 3 is 2.64 bits per heavy atom. The van der Waals surface area contributed by atoms with Gasteiger partial charge in [0.2, 0.25) is 0 Å². The number of nitrogens with one attached hydrogen (secondary N) is 2. The molecule has 0 aromatic carbocycles. The summed E-state index contributed by atoms with van der Waals surface area (Å²) in [5.74, 6) is 0.972. The molecule has 0 amide bonds. The van der Waals surface area contributed by atoms with Gasteiger partial charge in [0.05, 0.1) is 0 Å². The van der Waals surface area contributed by atoms with Gasteiger partial charge >= 0.3 is 0 Å². The Morgan fingerprint density at radius 2 is 2.07 bits per heavy atom. The first-order chi connectivity index (χ1) is 6.75. The van der Waals surface area contributed by atoms with Gasteiger partial charge in [-0.15, -0.1) is 0 Å². The average molecular weight is 196 g/mol. The molecular weight excluding hydrogens is 172 g/mol. The summed E-state index contributed by atoms with van der Waals surface area (Å²) in [6.45, 7) is 5.86. The maximum Gasteiger partial charge on any atom is 0.00964 e. The summed E-state index contributed by atoms with van der Waals surface area (Å²) in [7, 11) is 0. The maximum atomic E-state index is 3.81. The molecule has 3 unspecified atom stereocenters. The zero-order valence-electron chi connectivity index (χ0n) is 9.55. The maximum absolute atomic E-state index is 3.81. The summed E-state index contributed by atoms with van der Waals surface area (Å²) in [6.07, 6.45) is 6.97. The van der Waals surface area contributed by atoms with E-state index in [-0.39, 0.29) is 0 Å². The molecule has 2 aliphatic rings. The third kappa shape index (κ3) is 2.48. The molecule has 1 saturated heterocycles. The average Bonchev–Trinajstić information content (AvgIpc) is 1.99. The van der Waals surface area contributed by atoms with Crippen molar-refractivity contribution in [2.24, 2.45) is 5.92 Å². The molecule has 3 atom stereocenters. The second-order valence-electron chi connectivity index (χ2n) is 5.22. The van der Waals surface area contributed by atoms with Crippen molar-refractivity contribution in [3.05, 3.63) is 0 Å². The zero-order chi connectivity index (χ0) is 9.97. The first-order valence-electron chi connectivity index (χ1n) is 6.25. The minimum Gasteiger partial charge on any atom is -0.314 e. The lowest BCUT2D eigenvalue weighted by Crippen LogP contribution is -2.49. The van der Waals surface area contributed by atoms with Gasteiger partial charge in [-0.2, -0.15) is 0 Å². The van der Waals surface area contributed by atoms with Crippen LogP contribution in [0.1, 0.15) is 46.0 Å². The summed E-state index contributed by atoms with van der Waals surface area (Å²) in [5, 5.41) is 7.31. The summed E-state index contributed by atoms with van der Waals surface area (Å²) in [5.41, 5.74) is 0. The number of piperidine rings is 1. The van der Waals surface area contributed by atoms with E-state index in [1.54, 1.807) is 0 Å². The second-order valence-corrected chi connectivity index (χ2v) is 5.22. The lowest BCUT2D eigenvalue weighted by atomic mass is 9.80. The van der Waals surface area contributed by atoms with Crippen LogP contribution in [0.25, 0.3) is 0 Å². The molecule has 2 N–H and O–H groups in total. The number of hydrogen-bond donors (Lipinski definition) is 2. The summed E-state index contributed by atoms with van der Waals surface area (Å²) in [4.78, 5) is 0. The highest BCUT2D eigenvalue weighted by Gasteiger charge is 2.27. The lowest BCUT2D eigenvalue weighted by molar-refractivity contribution is 0.207. The molecule has 2 nitrogen and oxygen atoms in total. The fourth-order valence-electron chi connectivity index (χ4n) is 2.73. The zero-order valence-corrected chi connectivity index (χ0v) is 9.55. The third-order valence-electron chi connectivity index (χ3n) is 3.98. The van der Waals surface area contributed by atoms with Gasteiger partial charge in [-0.25, -0.2) is 0 Å². The van der Waals surface area contributed by atoms with Gasteiger partial charge in [0.15, 0.2) is 0 Å². The van der Waals surface area contributed by atoms with E-state index in [4.69, 9.17) is 0 Å². The Bertz CT molecular complexity index is 177. The minimum absolute atomic E-state index is 0.704. The van der Waals surface area contributed by atoms with Crippen LogP contribution in [0.15, 0.2) is 0 Å². The van der Waals surface area contributed by atoms with E-state index in [1.165, 1.54) is 38.6 Å². The van der Waals surface area contributed by atoms with Crippen LogP contribution in [-0.4, -0.2) is 24.7 Å². The Morgan fingerprint density at radius 1 is 1.29 bits per heavy atom. The topological polar surface area (TPSA) is 24.1 Å². The molecule has 14 heavy (non-hydrogen) atoms. The van der Waals surface area contributed by atoms with Crippen LogP contribution in [0.3, 0.4) is 0 Å². The molecule has 0 bridgehead atoms. The monoisotopic (exact) mass is 196 g/mol. The van der Waals surface area contributed by atoms with Crippen molar-refractivity contribution in [2.45, 2.75) is 64.1 Å². The number of hydrogen-bond acceptors (Lipinski definition) is 2. The Hall–Kier alpha value is -0.0800. The Balaban J connectivity index is 1.72. The molecule has 1 saturated carbocycles. The van der Waals surface area contributed by atoms with Gasteiger partial charge in [-0.1, -0.05) is 6.42 Å². The van der Waals surface area contributed by atoms with Crippen LogP contribution in [0, 0.1) is 5.92 Å². The molecule has 0 spiro atoms. The fourth-order valence-corrected chi connectivity index (χ4v) is 2.73. The van der Waals surface area contributed by atoms with E-state index >= 15 is 0 Å². The molecule has 2 rings (SSSR count). The van der Waals surface area contributed by atoms with Crippen molar-refractivity contribution in [3.63, 3.8) is 0 Å². The van der Waals surface area contributed by atoms with Gasteiger partial charge in [-0.3, -0.25) is 0 Å². The summed E-state index contributed by atoms with van der Waals surface area (Å²) in [6, 6.07) is 2.22. The largest absolute Gasteiger partial charge is 0.314 e. The Kier molecular flexibility index (Phi) is 3.45. The van der Waals surface area contributed by atoms with Crippen LogP contribution in [0.5, 0.6) is 0 Å². The van der Waals surface area contributed by atoms with Crippen molar-refractivity contribution in [2.75, 3.05) is 6.54 Å². The van der Waals surface area contributed by atoms with Gasteiger partial charge < -0.3 is 10.6 Å². The van der Waals surface area contributed by atoms with Crippen molar-refractivity contribution >= 4 is 0 Å². The van der Waals surface area contributed by atoms with Crippen LogP contribution < -0.4 is 10.6 Å². The molecule has 1 aliphatic carbocycles. The summed E-state index contributed by atoms with van der Waals surface area (Å²) < 4.78 is 0. The van der Waals surface area contributed by atoms with E-state index < -0.39 is 0 Å². The molecule has 1 heterocycles. The molecule has 1 aliphatic heterocycles. The first kappa shape index (κ1) is 10.4. The highest BCUT2D eigenvalue weighted by atomic mass is 15.0. The van der Waals surface area contributed by atoms with Crippen molar-refractivity contribution in [3.8, 4) is 0 Å². The summed E-state index contributed by atoms with van der Waals surface area (Å²) >= 11 is 0. The molecule has 0 aromatic rings. The van der Waals surface area contributed by atoms with Crippen LogP contribution in [0.4, 0.5) is 0 Å². The standard InChI is InChI=1S/C12H24N2/c1-9-8-12(6-7-13-9)14-10(2)11-4-3-5-11/h9-14H,3-8H2,1-2H3. The van der Waals surface area contributed by atoms with Crippen molar-refractivity contribution in [1.82, 2.24) is 10.6 Å². The van der Waals surface area contributed by atoms with E-state index in [0.717, 1.165) is 18.0 Å². The van der Waals surface area contributed by atoms with Gasteiger partial charge in [0.1, 0.15) is 0 Å².